The van der Waals surface area contributed by atoms with Crippen LogP contribution in [0.3, 0.4) is 0 Å². The first kappa shape index (κ1) is 35.5. The predicted octanol–water partition coefficient (Wildman–Crippen LogP) is 3.16. The summed E-state index contributed by atoms with van der Waals surface area (Å²) in [4.78, 5) is 56.8. The van der Waals surface area contributed by atoms with E-state index in [2.05, 4.69) is 10.6 Å². The third-order valence-corrected chi connectivity index (χ3v) is 13.3. The zero-order valence-electron chi connectivity index (χ0n) is 28.9. The molecule has 0 radical (unpaired) electrons. The number of unbranched alkanes of at least 4 members (excludes halogenated alkanes) is 1. The molecule has 4 aliphatic heterocycles. The van der Waals surface area contributed by atoms with Gasteiger partial charge in [0.2, 0.25) is 11.8 Å². The highest BCUT2D eigenvalue weighted by atomic mass is 28.4. The summed E-state index contributed by atoms with van der Waals surface area (Å²) in [6, 6.07) is 10.4. The Morgan fingerprint density at radius 3 is 2.67 bits per heavy atom. The van der Waals surface area contributed by atoms with Crippen molar-refractivity contribution in [1.29, 1.82) is 0 Å². The Hall–Kier alpha value is -3.33. The predicted molar refractivity (Wildman–Crippen MR) is 187 cm³/mol. The monoisotopic (exact) mass is 694 g/mol. The van der Waals surface area contributed by atoms with E-state index >= 15 is 0 Å². The summed E-state index contributed by atoms with van der Waals surface area (Å²) in [5.74, 6) is -0.399. The molecular formula is C36H50N4O8Si. The molecule has 0 aliphatic carbocycles. The van der Waals surface area contributed by atoms with Crippen LogP contribution in [0.25, 0.3) is 0 Å². The van der Waals surface area contributed by atoms with Crippen LogP contribution in [-0.2, 0) is 31.1 Å². The first-order chi connectivity index (χ1) is 23.4. The highest BCUT2D eigenvalue weighted by Crippen LogP contribution is 2.59. The molecule has 2 aromatic carbocycles. The van der Waals surface area contributed by atoms with Crippen LogP contribution in [0.2, 0.25) is 18.6 Å². The van der Waals surface area contributed by atoms with E-state index < -0.39 is 37.5 Å². The van der Waals surface area contributed by atoms with E-state index in [1.54, 1.807) is 15.9 Å². The molecule has 1 spiro atoms. The van der Waals surface area contributed by atoms with Crippen molar-refractivity contribution in [3.8, 4) is 5.75 Å². The number of rotatable bonds is 12. The van der Waals surface area contributed by atoms with Gasteiger partial charge in [-0.3, -0.25) is 19.3 Å². The van der Waals surface area contributed by atoms with Gasteiger partial charge in [0, 0.05) is 41.5 Å². The number of aliphatic hydroxyl groups excluding tert-OH is 2. The van der Waals surface area contributed by atoms with Gasteiger partial charge >= 0.3 is 0 Å². The van der Waals surface area contributed by atoms with Crippen molar-refractivity contribution < 1.29 is 38.9 Å². The smallest absolute Gasteiger partial charge is 0.261 e. The number of fused-ring (bicyclic) bond motifs is 3. The standard InChI is InChI=1S/C36H50N4O8Si/c1-5-47-26-11-13-30-23(17-26)18-29(37-14-6-7-16-41)34(44)40(30)24-10-12-28-27(19-24)36(35(45)38-28)22(2)33(49(3,4)46)31(48-36)20-32(43)39-15-8-9-25(39)21-42/h10-13,17,19,22,25,29,31,33,37,41-42,46H,5-9,14-16,18,20-21H2,1-4H3,(H,38,45)/t22-,25+,29?,31+,33-,36+/m1/s1. The number of aliphatic hydroxyl groups is 2. The van der Waals surface area contributed by atoms with E-state index in [0.29, 0.717) is 55.2 Å². The summed E-state index contributed by atoms with van der Waals surface area (Å²) in [6.07, 6.45) is 2.67. The molecule has 6 rings (SSSR count). The topological polar surface area (TPSA) is 161 Å². The highest BCUT2D eigenvalue weighted by molar-refractivity contribution is 6.71. The third-order valence-electron chi connectivity index (χ3n) is 10.8. The maximum atomic E-state index is 14.2. The Kier molecular flexibility index (Phi) is 10.2. The van der Waals surface area contributed by atoms with Gasteiger partial charge in [-0.05, 0) is 101 Å². The number of hydrogen-bond acceptors (Lipinski definition) is 9. The molecule has 2 aromatic rings. The van der Waals surface area contributed by atoms with Gasteiger partial charge < -0.3 is 40.0 Å². The largest absolute Gasteiger partial charge is 0.494 e. The molecule has 5 N–H and O–H groups in total. The maximum absolute atomic E-state index is 14.2. The van der Waals surface area contributed by atoms with E-state index in [4.69, 9.17) is 9.47 Å². The average molecular weight is 695 g/mol. The van der Waals surface area contributed by atoms with E-state index in [1.807, 2.05) is 57.3 Å². The minimum absolute atomic E-state index is 0.00364. The normalized spacial score (nSPS) is 27.9. The van der Waals surface area contributed by atoms with Crippen LogP contribution >= 0.6 is 0 Å². The molecule has 1 unspecified atom stereocenters. The van der Waals surface area contributed by atoms with Crippen molar-refractivity contribution in [2.75, 3.05) is 43.1 Å². The van der Waals surface area contributed by atoms with Crippen LogP contribution < -0.4 is 20.3 Å². The van der Waals surface area contributed by atoms with Crippen LogP contribution in [0.15, 0.2) is 36.4 Å². The Morgan fingerprint density at radius 1 is 1.16 bits per heavy atom. The van der Waals surface area contributed by atoms with Crippen LogP contribution in [-0.4, -0.2) is 97.0 Å². The van der Waals surface area contributed by atoms with E-state index in [0.717, 1.165) is 30.5 Å². The molecule has 2 fully saturated rings. The lowest BCUT2D eigenvalue weighted by Crippen LogP contribution is -2.49. The van der Waals surface area contributed by atoms with Gasteiger partial charge in [0.05, 0.1) is 43.5 Å². The second-order valence-corrected chi connectivity index (χ2v) is 18.3. The molecule has 2 saturated heterocycles. The fourth-order valence-corrected chi connectivity index (χ4v) is 11.1. The van der Waals surface area contributed by atoms with Crippen LogP contribution in [0, 0.1) is 5.92 Å². The van der Waals surface area contributed by atoms with Gasteiger partial charge in [-0.1, -0.05) is 6.92 Å². The number of likely N-dealkylation sites (tertiary alicyclic amines) is 1. The molecule has 6 atom stereocenters. The molecule has 49 heavy (non-hydrogen) atoms. The summed E-state index contributed by atoms with van der Waals surface area (Å²) in [5, 5.41) is 25.5. The summed E-state index contributed by atoms with van der Waals surface area (Å²) in [6.45, 7) is 9.09. The molecule has 4 heterocycles. The Morgan fingerprint density at radius 2 is 1.96 bits per heavy atom. The molecular weight excluding hydrogens is 645 g/mol. The summed E-state index contributed by atoms with van der Waals surface area (Å²) < 4.78 is 12.6. The number of amides is 3. The van der Waals surface area contributed by atoms with E-state index in [-0.39, 0.29) is 43.4 Å². The van der Waals surface area contributed by atoms with Gasteiger partial charge in [0.25, 0.3) is 5.91 Å². The van der Waals surface area contributed by atoms with Gasteiger partial charge in [0.1, 0.15) is 5.75 Å². The number of carbonyl (C=O) groups is 3. The fraction of sp³-hybridized carbons (Fsp3) is 0.583. The van der Waals surface area contributed by atoms with Crippen LogP contribution in [0.5, 0.6) is 5.75 Å². The Labute approximate surface area is 288 Å². The maximum Gasteiger partial charge on any atom is 0.261 e. The summed E-state index contributed by atoms with van der Waals surface area (Å²) >= 11 is 0. The van der Waals surface area contributed by atoms with Crippen molar-refractivity contribution in [2.45, 2.75) is 94.8 Å². The van der Waals surface area contributed by atoms with Crippen molar-refractivity contribution in [1.82, 2.24) is 10.2 Å². The first-order valence-corrected chi connectivity index (χ1v) is 20.7. The Bertz CT molecular complexity index is 1580. The quantitative estimate of drug-likeness (QED) is 0.166. The van der Waals surface area contributed by atoms with E-state index in [9.17, 15) is 29.4 Å². The van der Waals surface area contributed by atoms with Gasteiger partial charge in [-0.25, -0.2) is 0 Å². The lowest BCUT2D eigenvalue weighted by molar-refractivity contribution is -0.148. The summed E-state index contributed by atoms with van der Waals surface area (Å²) in [7, 11) is -3.00. The third kappa shape index (κ3) is 6.41. The van der Waals surface area contributed by atoms with Crippen molar-refractivity contribution in [3.05, 3.63) is 47.5 Å². The number of nitrogens with one attached hydrogen (secondary N) is 2. The average Bonchev–Trinajstić information content (AvgIpc) is 3.74. The lowest BCUT2D eigenvalue weighted by Gasteiger charge is -2.36. The number of anilines is 3. The van der Waals surface area contributed by atoms with Gasteiger partial charge in [0.15, 0.2) is 13.9 Å². The van der Waals surface area contributed by atoms with Crippen LogP contribution in [0.4, 0.5) is 17.1 Å². The molecule has 4 aliphatic rings. The van der Waals surface area contributed by atoms with Crippen molar-refractivity contribution in [2.24, 2.45) is 5.92 Å². The zero-order chi connectivity index (χ0) is 35.1. The number of carbonyl (C=O) groups excluding carboxylic acids is 3. The number of nitrogens with zero attached hydrogens (tertiary/aromatic N) is 2. The number of hydrogen-bond donors (Lipinski definition) is 5. The minimum Gasteiger partial charge on any atom is -0.494 e. The second kappa shape index (κ2) is 14.1. The molecule has 0 aromatic heterocycles. The molecule has 13 heteroatoms. The molecule has 0 bridgehead atoms. The summed E-state index contributed by atoms with van der Waals surface area (Å²) in [5.41, 5.74) is 1.47. The van der Waals surface area contributed by atoms with Crippen molar-refractivity contribution >= 4 is 43.1 Å². The van der Waals surface area contributed by atoms with Gasteiger partial charge in [-0.15, -0.1) is 0 Å². The Balaban J connectivity index is 1.38. The van der Waals surface area contributed by atoms with E-state index in [1.165, 1.54) is 0 Å². The zero-order valence-corrected chi connectivity index (χ0v) is 29.9. The fourth-order valence-electron chi connectivity index (χ4n) is 8.59. The lowest BCUT2D eigenvalue weighted by atomic mass is 9.82. The highest BCUT2D eigenvalue weighted by Gasteiger charge is 2.65. The van der Waals surface area contributed by atoms with Gasteiger partial charge in [-0.2, -0.15) is 0 Å². The molecule has 266 valence electrons. The van der Waals surface area contributed by atoms with Crippen molar-refractivity contribution in [3.63, 3.8) is 0 Å². The SMILES string of the molecule is CCOc1ccc2c(c1)CC(NCCCCO)C(=O)N2c1ccc2c(c1)[C@]1(O[C@@H](CC(=O)N3CCC[C@H]3CO)[C@H]([Si](C)(C)O)[C@H]1C)C(=O)N2. The first-order valence-electron chi connectivity index (χ1n) is 17.6. The molecule has 12 nitrogen and oxygen atoms in total. The minimum atomic E-state index is -3.00. The number of benzene rings is 2. The van der Waals surface area contributed by atoms with Crippen LogP contribution in [0.1, 0.15) is 57.1 Å². The second-order valence-electron chi connectivity index (χ2n) is 14.4. The number of ether oxygens (including phenoxy) is 2. The molecule has 3 amide bonds. The molecule has 0 saturated carbocycles.